The van der Waals surface area contributed by atoms with E-state index >= 15 is 0 Å². The number of Topliss-reactive ketones (excluding diaryl/α,β-unsaturated/α-hetero) is 1. The monoisotopic (exact) mass is 494 g/mol. The second kappa shape index (κ2) is 12.8. The molecule has 0 amide bonds. The average molecular weight is 495 g/mol. The maximum absolute atomic E-state index is 12.5. The van der Waals surface area contributed by atoms with E-state index in [2.05, 4.69) is 18.2 Å². The number of aliphatic hydroxyl groups excluding tert-OH is 2. The minimum Gasteiger partial charge on any atom is -0.481 e. The van der Waals surface area contributed by atoms with E-state index in [9.17, 15) is 19.8 Å². The van der Waals surface area contributed by atoms with Crippen LogP contribution in [0.25, 0.3) is 10.1 Å². The Bertz CT molecular complexity index is 892. The lowest BCUT2D eigenvalue weighted by molar-refractivity contribution is -0.133. The summed E-state index contributed by atoms with van der Waals surface area (Å²) >= 11 is 4.73. The van der Waals surface area contributed by atoms with Crippen molar-refractivity contribution >= 4 is 56.7 Å². The van der Waals surface area contributed by atoms with E-state index in [1.807, 2.05) is 18.2 Å². The smallest absolute Gasteiger partial charge is 0.313 e. The summed E-state index contributed by atoms with van der Waals surface area (Å²) in [5.74, 6) is 0.790. The molecular formula is C24H30O5S3. The van der Waals surface area contributed by atoms with Gasteiger partial charge < -0.3 is 15.3 Å². The molecule has 1 saturated carbocycles. The number of aliphatic carboxylic acids is 1. The van der Waals surface area contributed by atoms with Crippen LogP contribution in [0.3, 0.4) is 0 Å². The first-order valence-electron chi connectivity index (χ1n) is 10.9. The van der Waals surface area contributed by atoms with Crippen LogP contribution in [-0.2, 0) is 16.0 Å². The Hall–Kier alpha value is -1.32. The molecule has 0 spiro atoms. The van der Waals surface area contributed by atoms with Crippen molar-refractivity contribution in [2.45, 2.75) is 37.0 Å². The van der Waals surface area contributed by atoms with Gasteiger partial charge in [0, 0.05) is 28.5 Å². The fraction of sp³-hybridized carbons (Fsp3) is 0.500. The summed E-state index contributed by atoms with van der Waals surface area (Å²) in [6.45, 7) is -0.0375. The van der Waals surface area contributed by atoms with E-state index in [-0.39, 0.29) is 35.2 Å². The highest BCUT2D eigenvalue weighted by atomic mass is 32.2. The molecule has 8 heteroatoms. The van der Waals surface area contributed by atoms with Gasteiger partial charge in [-0.2, -0.15) is 11.8 Å². The zero-order valence-electron chi connectivity index (χ0n) is 17.9. The number of ketones is 1. The highest BCUT2D eigenvalue weighted by molar-refractivity contribution is 8.01. The zero-order valence-corrected chi connectivity index (χ0v) is 20.3. The van der Waals surface area contributed by atoms with Crippen LogP contribution in [0.15, 0.2) is 42.5 Å². The van der Waals surface area contributed by atoms with Crippen LogP contribution in [-0.4, -0.2) is 62.3 Å². The van der Waals surface area contributed by atoms with Gasteiger partial charge in [-0.25, -0.2) is 0 Å². The quantitative estimate of drug-likeness (QED) is 0.283. The van der Waals surface area contributed by atoms with Crippen molar-refractivity contribution < 1.29 is 24.9 Å². The molecule has 1 aliphatic rings. The highest BCUT2D eigenvalue weighted by Gasteiger charge is 2.40. The molecule has 4 atom stereocenters. The van der Waals surface area contributed by atoms with Gasteiger partial charge in [0.05, 0.1) is 17.1 Å². The fourth-order valence-corrected chi connectivity index (χ4v) is 7.27. The predicted octanol–water partition coefficient (Wildman–Crippen LogP) is 4.26. The molecule has 1 aromatic heterocycles. The third kappa shape index (κ3) is 7.35. The summed E-state index contributed by atoms with van der Waals surface area (Å²) in [4.78, 5) is 24.3. The van der Waals surface area contributed by atoms with Gasteiger partial charge >= 0.3 is 5.97 Å². The summed E-state index contributed by atoms with van der Waals surface area (Å²) in [5.41, 5.74) is 0. The van der Waals surface area contributed by atoms with Crippen molar-refractivity contribution in [3.05, 3.63) is 47.4 Å². The third-order valence-corrected chi connectivity index (χ3v) is 9.25. The molecule has 3 rings (SSSR count). The lowest BCUT2D eigenvalue weighted by Gasteiger charge is -2.19. The number of allylic oxidation sites excluding steroid dienone is 1. The number of carbonyl (C=O) groups is 2. The molecule has 1 heterocycles. The lowest BCUT2D eigenvalue weighted by Crippen LogP contribution is -2.21. The second-order valence-corrected chi connectivity index (χ2v) is 11.5. The molecule has 1 aliphatic carbocycles. The lowest BCUT2D eigenvalue weighted by atomic mass is 9.95. The maximum Gasteiger partial charge on any atom is 0.313 e. The summed E-state index contributed by atoms with van der Waals surface area (Å²) in [5, 5.41) is 29.9. The number of thioether (sulfide) groups is 2. The molecule has 0 bridgehead atoms. The number of hydrogen-bond acceptors (Lipinski definition) is 7. The summed E-state index contributed by atoms with van der Waals surface area (Å²) in [6.07, 6.45) is 5.75. The standard InChI is InChI=1S/C24H30O5S3/c25-14-17-13-21(27)24(31-11-3-10-30-15-23(28)29)20(17)9-7-18(26)6-8-19-12-16-4-1-2-5-22(16)32-19/h1-2,4-5,7,9,12,17-18,20,24-26H,3,6,8,10-11,13-15H2,(H,28,29)/b9-7+/t17?,18?,20?,24-/m1/s1. The molecule has 0 radical (unpaired) electrons. The molecule has 32 heavy (non-hydrogen) atoms. The van der Waals surface area contributed by atoms with E-state index in [4.69, 9.17) is 5.11 Å². The zero-order chi connectivity index (χ0) is 22.9. The first kappa shape index (κ1) is 25.3. The van der Waals surface area contributed by atoms with Crippen molar-refractivity contribution in [2.24, 2.45) is 11.8 Å². The fourth-order valence-electron chi connectivity index (χ4n) is 3.95. The minimum atomic E-state index is -0.810. The van der Waals surface area contributed by atoms with E-state index in [1.54, 1.807) is 29.2 Å². The Morgan fingerprint density at radius 2 is 2.09 bits per heavy atom. The average Bonchev–Trinajstić information content (AvgIpc) is 3.33. The van der Waals surface area contributed by atoms with Crippen LogP contribution < -0.4 is 0 Å². The largest absolute Gasteiger partial charge is 0.481 e. The van der Waals surface area contributed by atoms with Gasteiger partial charge in [0.15, 0.2) is 0 Å². The van der Waals surface area contributed by atoms with Crippen molar-refractivity contribution in [3.8, 4) is 0 Å². The number of aliphatic hydroxyl groups is 2. The van der Waals surface area contributed by atoms with Crippen LogP contribution in [0.2, 0.25) is 0 Å². The van der Waals surface area contributed by atoms with Gasteiger partial charge in [0.25, 0.3) is 0 Å². The topological polar surface area (TPSA) is 94.8 Å². The number of rotatable bonds is 13. The molecule has 5 nitrogen and oxygen atoms in total. The molecule has 1 fully saturated rings. The van der Waals surface area contributed by atoms with Crippen LogP contribution >= 0.6 is 34.9 Å². The van der Waals surface area contributed by atoms with Crippen molar-refractivity contribution in [2.75, 3.05) is 23.9 Å². The summed E-state index contributed by atoms with van der Waals surface area (Å²) < 4.78 is 1.25. The number of thiophene rings is 1. The third-order valence-electron chi connectivity index (χ3n) is 5.58. The van der Waals surface area contributed by atoms with Gasteiger partial charge in [0.2, 0.25) is 0 Å². The van der Waals surface area contributed by atoms with Crippen molar-refractivity contribution in [3.63, 3.8) is 0 Å². The first-order valence-corrected chi connectivity index (χ1v) is 13.9. The molecule has 3 N–H and O–H groups in total. The van der Waals surface area contributed by atoms with Gasteiger partial charge in [-0.15, -0.1) is 23.1 Å². The Balaban J connectivity index is 1.49. The van der Waals surface area contributed by atoms with E-state index < -0.39 is 12.1 Å². The van der Waals surface area contributed by atoms with Crippen LogP contribution in [0, 0.1) is 11.8 Å². The Kier molecular flexibility index (Phi) is 10.1. The predicted molar refractivity (Wildman–Crippen MR) is 135 cm³/mol. The van der Waals surface area contributed by atoms with E-state index in [0.29, 0.717) is 12.8 Å². The molecule has 3 unspecified atom stereocenters. The Labute approximate surface area is 201 Å². The molecule has 2 aromatic rings. The molecule has 0 aliphatic heterocycles. The number of carboxylic acids is 1. The van der Waals surface area contributed by atoms with Crippen LogP contribution in [0.1, 0.15) is 24.1 Å². The first-order chi connectivity index (χ1) is 15.5. The summed E-state index contributed by atoms with van der Waals surface area (Å²) in [7, 11) is 0. The van der Waals surface area contributed by atoms with Gasteiger partial charge in [-0.3, -0.25) is 9.59 Å². The van der Waals surface area contributed by atoms with Crippen molar-refractivity contribution in [1.82, 2.24) is 0 Å². The Morgan fingerprint density at radius 3 is 2.84 bits per heavy atom. The number of carbonyl (C=O) groups excluding carboxylic acids is 1. The molecule has 174 valence electrons. The number of carboxylic acid groups (broad SMARTS) is 1. The number of benzene rings is 1. The summed E-state index contributed by atoms with van der Waals surface area (Å²) in [6, 6.07) is 10.4. The molecule has 1 aromatic carbocycles. The Morgan fingerprint density at radius 1 is 1.28 bits per heavy atom. The van der Waals surface area contributed by atoms with Crippen molar-refractivity contribution in [1.29, 1.82) is 0 Å². The van der Waals surface area contributed by atoms with E-state index in [1.165, 1.54) is 26.7 Å². The number of aryl methyl sites for hydroxylation is 1. The van der Waals surface area contributed by atoms with Crippen LogP contribution in [0.5, 0.6) is 0 Å². The van der Waals surface area contributed by atoms with Gasteiger partial charge in [-0.05, 0) is 54.2 Å². The maximum atomic E-state index is 12.5. The number of hydrogen-bond donors (Lipinski definition) is 3. The second-order valence-electron chi connectivity index (χ2n) is 8.02. The SMILES string of the molecule is O=C(O)CSCCCS[C@H]1C(=O)CC(CO)C1/C=C/C(O)CCc1cc2ccccc2s1. The molecular weight excluding hydrogens is 464 g/mol. The number of fused-ring (bicyclic) bond motifs is 1. The van der Waals surface area contributed by atoms with Gasteiger partial charge in [0.1, 0.15) is 5.78 Å². The normalized spacial score (nSPS) is 22.2. The van der Waals surface area contributed by atoms with Crippen LogP contribution in [0.4, 0.5) is 0 Å². The highest BCUT2D eigenvalue weighted by Crippen LogP contribution is 2.38. The van der Waals surface area contributed by atoms with E-state index in [0.717, 1.165) is 24.3 Å². The minimum absolute atomic E-state index is 0.0375. The van der Waals surface area contributed by atoms with Gasteiger partial charge in [-0.1, -0.05) is 30.4 Å². The molecule has 0 saturated heterocycles.